The minimum Gasteiger partial charge on any atom is -0.497 e. The van der Waals surface area contributed by atoms with Gasteiger partial charge in [-0.25, -0.2) is 0 Å². The second kappa shape index (κ2) is 6.86. The molecule has 1 aliphatic rings. The first-order chi connectivity index (χ1) is 11.2. The van der Waals surface area contributed by atoms with Crippen LogP contribution in [-0.4, -0.2) is 24.5 Å². The van der Waals surface area contributed by atoms with Crippen LogP contribution < -0.4 is 4.74 Å². The average Bonchev–Trinajstić information content (AvgIpc) is 2.55. The molecule has 0 saturated carbocycles. The molecule has 1 amide bonds. The number of hydrogen-bond donors (Lipinski definition) is 0. The van der Waals surface area contributed by atoms with Crippen molar-refractivity contribution >= 4 is 5.91 Å². The van der Waals surface area contributed by atoms with Crippen molar-refractivity contribution in [3.05, 3.63) is 65.2 Å². The number of hydrogen-bond acceptors (Lipinski definition) is 2. The molecule has 23 heavy (non-hydrogen) atoms. The molecule has 0 aliphatic carbocycles. The Balaban J connectivity index is 1.74. The fourth-order valence-electron chi connectivity index (χ4n) is 3.09. The van der Waals surface area contributed by atoms with Gasteiger partial charge in [0.2, 0.25) is 0 Å². The molecular weight excluding hydrogens is 286 g/mol. The van der Waals surface area contributed by atoms with Crippen LogP contribution in [0.1, 0.15) is 47.3 Å². The second-order valence-corrected chi connectivity index (χ2v) is 6.03. The molecule has 1 saturated heterocycles. The highest BCUT2D eigenvalue weighted by atomic mass is 16.5. The van der Waals surface area contributed by atoms with Crippen LogP contribution in [0, 0.1) is 0 Å². The molecule has 1 aliphatic heterocycles. The lowest BCUT2D eigenvalue weighted by molar-refractivity contribution is 0.0460. The largest absolute Gasteiger partial charge is 0.497 e. The third kappa shape index (κ3) is 3.24. The van der Waals surface area contributed by atoms with Crippen molar-refractivity contribution in [1.82, 2.24) is 4.90 Å². The van der Waals surface area contributed by atoms with E-state index >= 15 is 0 Å². The van der Waals surface area contributed by atoms with Crippen molar-refractivity contribution in [2.75, 3.05) is 13.7 Å². The minimum atomic E-state index is 0.118. The monoisotopic (exact) mass is 309 g/mol. The fraction of sp³-hybridized carbons (Fsp3) is 0.350. The van der Waals surface area contributed by atoms with Gasteiger partial charge in [-0.05, 0) is 48.2 Å². The maximum absolute atomic E-state index is 12.7. The zero-order valence-electron chi connectivity index (χ0n) is 13.8. The summed E-state index contributed by atoms with van der Waals surface area (Å²) in [6.07, 6.45) is 3.19. The highest BCUT2D eigenvalue weighted by molar-refractivity contribution is 5.95. The molecule has 0 radical (unpaired) electrons. The molecule has 1 heterocycles. The molecule has 0 unspecified atom stereocenters. The summed E-state index contributed by atoms with van der Waals surface area (Å²) in [6, 6.07) is 16.2. The van der Waals surface area contributed by atoms with Crippen LogP contribution in [0.15, 0.2) is 48.5 Å². The van der Waals surface area contributed by atoms with E-state index in [1.807, 2.05) is 35.2 Å². The van der Waals surface area contributed by atoms with Crippen molar-refractivity contribution in [2.45, 2.75) is 32.2 Å². The van der Waals surface area contributed by atoms with Crippen LogP contribution in [0.5, 0.6) is 5.75 Å². The standard InChI is InChI=1S/C20H23NO2/c1-3-5-15-8-10-16(11-9-15)20(22)21-13-12-19(21)17-6-4-7-18(14-17)23-2/h4,6-11,14,19H,3,5,12-13H2,1-2H3/t19-/m1/s1. The zero-order chi connectivity index (χ0) is 16.2. The van der Waals surface area contributed by atoms with Crippen molar-refractivity contribution in [2.24, 2.45) is 0 Å². The molecule has 2 aromatic rings. The molecule has 0 bridgehead atoms. The molecular formula is C20H23NO2. The van der Waals surface area contributed by atoms with E-state index in [1.54, 1.807) is 7.11 Å². The molecule has 3 heteroatoms. The maximum Gasteiger partial charge on any atom is 0.254 e. The summed E-state index contributed by atoms with van der Waals surface area (Å²) in [4.78, 5) is 14.7. The van der Waals surface area contributed by atoms with Gasteiger partial charge in [0.05, 0.1) is 13.2 Å². The van der Waals surface area contributed by atoms with Gasteiger partial charge in [0.1, 0.15) is 5.75 Å². The Morgan fingerprint density at radius 3 is 2.61 bits per heavy atom. The molecule has 0 spiro atoms. The highest BCUT2D eigenvalue weighted by Crippen LogP contribution is 2.35. The molecule has 0 N–H and O–H groups in total. The second-order valence-electron chi connectivity index (χ2n) is 6.03. The summed E-state index contributed by atoms with van der Waals surface area (Å²) >= 11 is 0. The number of carbonyl (C=O) groups excluding carboxylic acids is 1. The SMILES string of the molecule is CCCc1ccc(C(=O)N2CC[C@@H]2c2cccc(OC)c2)cc1. The van der Waals surface area contributed by atoms with Gasteiger partial charge in [-0.2, -0.15) is 0 Å². The number of likely N-dealkylation sites (tertiary alicyclic amines) is 1. The predicted octanol–water partition coefficient (Wildman–Crippen LogP) is 4.23. The van der Waals surface area contributed by atoms with Gasteiger partial charge in [0.15, 0.2) is 0 Å². The van der Waals surface area contributed by atoms with Crippen molar-refractivity contribution in [3.8, 4) is 5.75 Å². The van der Waals surface area contributed by atoms with E-state index in [0.717, 1.165) is 42.7 Å². The molecule has 2 aromatic carbocycles. The average molecular weight is 309 g/mol. The van der Waals surface area contributed by atoms with Crippen LogP contribution in [0.3, 0.4) is 0 Å². The first kappa shape index (κ1) is 15.6. The third-order valence-electron chi connectivity index (χ3n) is 4.50. The molecule has 3 rings (SSSR count). The highest BCUT2D eigenvalue weighted by Gasteiger charge is 2.33. The Hall–Kier alpha value is -2.29. The predicted molar refractivity (Wildman–Crippen MR) is 91.8 cm³/mol. The van der Waals surface area contributed by atoms with Crippen LogP contribution in [-0.2, 0) is 6.42 Å². The van der Waals surface area contributed by atoms with Gasteiger partial charge in [0, 0.05) is 12.1 Å². The van der Waals surface area contributed by atoms with Crippen molar-refractivity contribution < 1.29 is 9.53 Å². The lowest BCUT2D eigenvalue weighted by atomic mass is 9.93. The van der Waals surface area contributed by atoms with Crippen molar-refractivity contribution in [3.63, 3.8) is 0 Å². The van der Waals surface area contributed by atoms with Gasteiger partial charge in [-0.3, -0.25) is 4.79 Å². The van der Waals surface area contributed by atoms with E-state index in [1.165, 1.54) is 5.56 Å². The summed E-state index contributed by atoms with van der Waals surface area (Å²) < 4.78 is 5.29. The molecule has 120 valence electrons. The number of carbonyl (C=O) groups is 1. The summed E-state index contributed by atoms with van der Waals surface area (Å²) in [5, 5.41) is 0. The lowest BCUT2D eigenvalue weighted by Crippen LogP contribution is -2.45. The Morgan fingerprint density at radius 2 is 2.00 bits per heavy atom. The Bertz CT molecular complexity index is 678. The number of rotatable bonds is 5. The normalized spacial score (nSPS) is 16.8. The first-order valence-corrected chi connectivity index (χ1v) is 8.26. The van der Waals surface area contributed by atoms with E-state index < -0.39 is 0 Å². The molecule has 1 atom stereocenters. The Morgan fingerprint density at radius 1 is 1.22 bits per heavy atom. The van der Waals surface area contributed by atoms with E-state index in [-0.39, 0.29) is 11.9 Å². The summed E-state index contributed by atoms with van der Waals surface area (Å²) in [7, 11) is 1.67. The zero-order valence-corrected chi connectivity index (χ0v) is 13.8. The smallest absolute Gasteiger partial charge is 0.254 e. The van der Waals surface area contributed by atoms with Crippen LogP contribution in [0.2, 0.25) is 0 Å². The summed E-state index contributed by atoms with van der Waals surface area (Å²) in [5.74, 6) is 0.956. The van der Waals surface area contributed by atoms with Gasteiger partial charge in [-0.15, -0.1) is 0 Å². The number of benzene rings is 2. The molecule has 1 fully saturated rings. The third-order valence-corrected chi connectivity index (χ3v) is 4.50. The van der Waals surface area contributed by atoms with Gasteiger partial charge in [0.25, 0.3) is 5.91 Å². The summed E-state index contributed by atoms with van der Waals surface area (Å²) in [6.45, 7) is 2.98. The Kier molecular flexibility index (Phi) is 4.65. The number of amides is 1. The van der Waals surface area contributed by atoms with Gasteiger partial charge < -0.3 is 9.64 Å². The minimum absolute atomic E-state index is 0.118. The molecule has 3 nitrogen and oxygen atoms in total. The number of nitrogens with zero attached hydrogens (tertiary/aromatic N) is 1. The van der Waals surface area contributed by atoms with Crippen LogP contribution in [0.4, 0.5) is 0 Å². The van der Waals surface area contributed by atoms with E-state index in [9.17, 15) is 4.79 Å². The number of ether oxygens (including phenoxy) is 1. The van der Waals surface area contributed by atoms with E-state index in [2.05, 4.69) is 25.1 Å². The van der Waals surface area contributed by atoms with E-state index in [0.29, 0.717) is 0 Å². The molecule has 0 aromatic heterocycles. The van der Waals surface area contributed by atoms with Crippen LogP contribution in [0.25, 0.3) is 0 Å². The lowest BCUT2D eigenvalue weighted by Gasteiger charge is -2.41. The quantitative estimate of drug-likeness (QED) is 0.827. The maximum atomic E-state index is 12.7. The Labute approximate surface area is 137 Å². The van der Waals surface area contributed by atoms with Crippen molar-refractivity contribution in [1.29, 1.82) is 0 Å². The topological polar surface area (TPSA) is 29.5 Å². The van der Waals surface area contributed by atoms with Crippen LogP contribution >= 0.6 is 0 Å². The summed E-state index contributed by atoms with van der Waals surface area (Å²) in [5.41, 5.74) is 3.21. The fourth-order valence-corrected chi connectivity index (χ4v) is 3.09. The first-order valence-electron chi connectivity index (χ1n) is 8.26. The van der Waals surface area contributed by atoms with Gasteiger partial charge in [-0.1, -0.05) is 37.6 Å². The number of methoxy groups -OCH3 is 1. The number of aryl methyl sites for hydroxylation is 1. The van der Waals surface area contributed by atoms with Gasteiger partial charge >= 0.3 is 0 Å². The van der Waals surface area contributed by atoms with E-state index in [4.69, 9.17) is 4.74 Å².